The number of primary amides is 1. The lowest BCUT2D eigenvalue weighted by Gasteiger charge is -2.29. The van der Waals surface area contributed by atoms with Gasteiger partial charge in [-0.1, -0.05) is 60.7 Å². The standard InChI is InChI=1S/C17H19N3O3/c18-17(23)16(14-9-5-2-6-10-14)20(12-15(21)22)19-11-13-7-3-1-4-8-13/h1-10,16,19H,11-12H2,(H2,18,23)(H,21,22). The van der Waals surface area contributed by atoms with Gasteiger partial charge in [-0.15, -0.1) is 0 Å². The molecule has 0 saturated carbocycles. The molecule has 120 valence electrons. The average molecular weight is 313 g/mol. The van der Waals surface area contributed by atoms with Crippen molar-refractivity contribution in [2.24, 2.45) is 5.73 Å². The molecule has 2 aromatic carbocycles. The number of carboxylic acids is 1. The minimum absolute atomic E-state index is 0.352. The molecule has 0 spiro atoms. The smallest absolute Gasteiger partial charge is 0.319 e. The topological polar surface area (TPSA) is 95.7 Å². The number of nitrogens with one attached hydrogen (secondary N) is 1. The third-order valence-corrected chi connectivity index (χ3v) is 3.33. The van der Waals surface area contributed by atoms with Crippen molar-refractivity contribution in [2.45, 2.75) is 12.6 Å². The van der Waals surface area contributed by atoms with Crippen LogP contribution in [0.1, 0.15) is 17.2 Å². The highest BCUT2D eigenvalue weighted by Gasteiger charge is 2.27. The quantitative estimate of drug-likeness (QED) is 0.639. The maximum absolute atomic E-state index is 11.9. The number of rotatable bonds is 8. The lowest BCUT2D eigenvalue weighted by molar-refractivity contribution is -0.141. The summed E-state index contributed by atoms with van der Waals surface area (Å²) in [7, 11) is 0. The number of amides is 1. The van der Waals surface area contributed by atoms with Gasteiger partial charge in [0.25, 0.3) is 0 Å². The van der Waals surface area contributed by atoms with Crippen LogP contribution < -0.4 is 11.2 Å². The molecule has 0 heterocycles. The maximum atomic E-state index is 11.9. The van der Waals surface area contributed by atoms with Crippen molar-refractivity contribution >= 4 is 11.9 Å². The Balaban J connectivity index is 2.20. The molecule has 1 unspecified atom stereocenters. The lowest BCUT2D eigenvalue weighted by Crippen LogP contribution is -2.48. The number of hydrazine groups is 1. The van der Waals surface area contributed by atoms with Crippen molar-refractivity contribution < 1.29 is 14.7 Å². The van der Waals surface area contributed by atoms with E-state index in [-0.39, 0.29) is 6.54 Å². The maximum Gasteiger partial charge on any atom is 0.319 e. The van der Waals surface area contributed by atoms with E-state index in [1.54, 1.807) is 24.3 Å². The third kappa shape index (κ3) is 4.91. The highest BCUT2D eigenvalue weighted by molar-refractivity contribution is 5.82. The molecule has 0 bridgehead atoms. The predicted molar refractivity (Wildman–Crippen MR) is 86.0 cm³/mol. The largest absolute Gasteiger partial charge is 0.480 e. The summed E-state index contributed by atoms with van der Waals surface area (Å²) in [5, 5.41) is 10.5. The third-order valence-electron chi connectivity index (χ3n) is 3.33. The highest BCUT2D eigenvalue weighted by atomic mass is 16.4. The van der Waals surface area contributed by atoms with Gasteiger partial charge in [0.1, 0.15) is 12.6 Å². The first kappa shape index (κ1) is 16.7. The predicted octanol–water partition coefficient (Wildman–Crippen LogP) is 1.30. The molecule has 0 fully saturated rings. The normalized spacial score (nSPS) is 12.0. The number of carbonyl (C=O) groups excluding carboxylic acids is 1. The monoisotopic (exact) mass is 313 g/mol. The van der Waals surface area contributed by atoms with E-state index in [2.05, 4.69) is 5.43 Å². The molecule has 0 saturated heterocycles. The summed E-state index contributed by atoms with van der Waals surface area (Å²) in [5.74, 6) is -1.66. The van der Waals surface area contributed by atoms with E-state index in [1.807, 2.05) is 36.4 Å². The van der Waals surface area contributed by atoms with Crippen molar-refractivity contribution in [3.05, 3.63) is 71.8 Å². The molecule has 0 radical (unpaired) electrons. The summed E-state index contributed by atoms with van der Waals surface area (Å²) in [4.78, 5) is 23.0. The van der Waals surface area contributed by atoms with E-state index >= 15 is 0 Å². The molecule has 0 aliphatic rings. The van der Waals surface area contributed by atoms with Crippen molar-refractivity contribution in [1.29, 1.82) is 0 Å². The molecular formula is C17H19N3O3. The molecule has 2 rings (SSSR count). The Kier molecular flexibility index (Phi) is 5.85. The van der Waals surface area contributed by atoms with Gasteiger partial charge < -0.3 is 10.8 Å². The molecule has 0 aromatic heterocycles. The summed E-state index contributed by atoms with van der Waals surface area (Å²) >= 11 is 0. The summed E-state index contributed by atoms with van der Waals surface area (Å²) < 4.78 is 0. The first-order chi connectivity index (χ1) is 11.1. The van der Waals surface area contributed by atoms with Crippen LogP contribution >= 0.6 is 0 Å². The second kappa shape index (κ2) is 8.07. The number of nitrogens with zero attached hydrogens (tertiary/aromatic N) is 1. The Morgan fingerprint density at radius 2 is 1.61 bits per heavy atom. The highest BCUT2D eigenvalue weighted by Crippen LogP contribution is 2.18. The SMILES string of the molecule is NC(=O)C(c1ccccc1)N(CC(=O)O)NCc1ccccc1. The number of nitrogens with two attached hydrogens (primary N) is 1. The van der Waals surface area contributed by atoms with Crippen LogP contribution in [0.4, 0.5) is 0 Å². The summed E-state index contributed by atoms with van der Waals surface area (Å²) in [6.45, 7) is 0.0417. The Morgan fingerprint density at radius 1 is 1.04 bits per heavy atom. The van der Waals surface area contributed by atoms with Crippen LogP contribution in [0.15, 0.2) is 60.7 Å². The fourth-order valence-electron chi connectivity index (χ4n) is 2.31. The van der Waals surface area contributed by atoms with Crippen LogP contribution in [0, 0.1) is 0 Å². The van der Waals surface area contributed by atoms with Gasteiger partial charge in [-0.2, -0.15) is 0 Å². The van der Waals surface area contributed by atoms with Crippen molar-refractivity contribution in [2.75, 3.05) is 6.54 Å². The molecule has 23 heavy (non-hydrogen) atoms. The number of hydrogen-bond donors (Lipinski definition) is 3. The Labute approximate surface area is 134 Å². The number of aliphatic carboxylic acids is 1. The van der Waals surface area contributed by atoms with Crippen LogP contribution in [0.5, 0.6) is 0 Å². The van der Waals surface area contributed by atoms with Gasteiger partial charge in [0.15, 0.2) is 0 Å². The van der Waals surface area contributed by atoms with E-state index in [0.29, 0.717) is 12.1 Å². The molecule has 0 aliphatic carbocycles. The van der Waals surface area contributed by atoms with Gasteiger partial charge in [-0.05, 0) is 11.1 Å². The molecule has 2 aromatic rings. The van der Waals surface area contributed by atoms with E-state index < -0.39 is 17.9 Å². The second-order valence-electron chi connectivity index (χ2n) is 5.06. The zero-order valence-corrected chi connectivity index (χ0v) is 12.6. The average Bonchev–Trinajstić information content (AvgIpc) is 2.54. The molecular weight excluding hydrogens is 294 g/mol. The van der Waals surface area contributed by atoms with Crippen molar-refractivity contribution in [1.82, 2.24) is 10.4 Å². The molecule has 0 aliphatic heterocycles. The summed E-state index contributed by atoms with van der Waals surface area (Å²) in [5.41, 5.74) is 10.1. The van der Waals surface area contributed by atoms with Crippen molar-refractivity contribution in [3.63, 3.8) is 0 Å². The summed E-state index contributed by atoms with van der Waals surface area (Å²) in [6, 6.07) is 17.5. The Bertz CT molecular complexity index is 647. The zero-order valence-electron chi connectivity index (χ0n) is 12.6. The van der Waals surface area contributed by atoms with Gasteiger partial charge in [-0.3, -0.25) is 9.59 Å². The van der Waals surface area contributed by atoms with Crippen LogP contribution in [0.3, 0.4) is 0 Å². The van der Waals surface area contributed by atoms with E-state index in [1.165, 1.54) is 5.01 Å². The minimum Gasteiger partial charge on any atom is -0.480 e. The van der Waals surface area contributed by atoms with E-state index in [4.69, 9.17) is 10.8 Å². The van der Waals surface area contributed by atoms with Crippen LogP contribution in [-0.4, -0.2) is 28.5 Å². The molecule has 1 amide bonds. The Hall–Kier alpha value is -2.70. The fourth-order valence-corrected chi connectivity index (χ4v) is 2.31. The molecule has 4 N–H and O–H groups in total. The van der Waals surface area contributed by atoms with Gasteiger partial charge in [0.2, 0.25) is 5.91 Å². The zero-order chi connectivity index (χ0) is 16.7. The van der Waals surface area contributed by atoms with E-state index in [0.717, 1.165) is 5.56 Å². The molecule has 6 heteroatoms. The second-order valence-corrected chi connectivity index (χ2v) is 5.06. The fraction of sp³-hybridized carbons (Fsp3) is 0.176. The Morgan fingerprint density at radius 3 is 2.13 bits per heavy atom. The first-order valence-corrected chi connectivity index (χ1v) is 7.18. The van der Waals surface area contributed by atoms with E-state index in [9.17, 15) is 9.59 Å². The van der Waals surface area contributed by atoms with Gasteiger partial charge >= 0.3 is 5.97 Å². The van der Waals surface area contributed by atoms with Crippen LogP contribution in [0.25, 0.3) is 0 Å². The van der Waals surface area contributed by atoms with Gasteiger partial charge in [-0.25, -0.2) is 10.4 Å². The number of carboxylic acid groups (broad SMARTS) is 1. The minimum atomic E-state index is -1.05. The number of hydrogen-bond acceptors (Lipinski definition) is 4. The molecule has 6 nitrogen and oxygen atoms in total. The summed E-state index contributed by atoms with van der Waals surface area (Å²) in [6.07, 6.45) is 0. The van der Waals surface area contributed by atoms with Gasteiger partial charge in [0, 0.05) is 6.54 Å². The van der Waals surface area contributed by atoms with Gasteiger partial charge in [0.05, 0.1) is 0 Å². The number of benzene rings is 2. The van der Waals surface area contributed by atoms with Crippen molar-refractivity contribution in [3.8, 4) is 0 Å². The molecule has 1 atom stereocenters. The van der Waals surface area contributed by atoms with Crippen LogP contribution in [-0.2, 0) is 16.1 Å². The first-order valence-electron chi connectivity index (χ1n) is 7.18. The van der Waals surface area contributed by atoms with Crippen LogP contribution in [0.2, 0.25) is 0 Å². The lowest BCUT2D eigenvalue weighted by atomic mass is 10.1. The number of carbonyl (C=O) groups is 2.